The predicted octanol–water partition coefficient (Wildman–Crippen LogP) is 3.79. The molecule has 0 radical (unpaired) electrons. The summed E-state index contributed by atoms with van der Waals surface area (Å²) in [5, 5.41) is 25.2. The molecule has 4 unspecified atom stereocenters. The number of β-amino-alcohol motifs (C(OH)–C–C–N with tert-alkyl or cyclic N) is 1. The number of aliphatic hydroxyl groups is 2. The van der Waals surface area contributed by atoms with Crippen LogP contribution in [0.5, 0.6) is 0 Å². The number of nitrogens with zero attached hydrogens (tertiary/aromatic N) is 1. The molecule has 8 nitrogen and oxygen atoms in total. The number of hydrogen-bond acceptors (Lipinski definition) is 6. The molecule has 2 amide bonds. The van der Waals surface area contributed by atoms with Crippen LogP contribution in [0.2, 0.25) is 0 Å². The Kier molecular flexibility index (Phi) is 9.23. The maximum atomic E-state index is 12.2. The Labute approximate surface area is 229 Å². The first kappa shape index (κ1) is 27.3. The largest absolute Gasteiger partial charge is 0.392 e. The van der Waals surface area contributed by atoms with E-state index in [1.54, 1.807) is 0 Å². The second-order valence-electron chi connectivity index (χ2n) is 10.3. The second-order valence-corrected chi connectivity index (χ2v) is 10.3. The maximum Gasteiger partial charge on any atom is 0.315 e. The first-order valence-electron chi connectivity index (χ1n) is 13.6. The molecule has 0 aromatic heterocycles. The fraction of sp³-hybridized carbons (Fsp3) is 0.387. The number of carbonyl (C=O) groups is 1. The number of aliphatic hydroxyl groups excluding tert-OH is 2. The molecule has 8 heteroatoms. The molecule has 2 aliphatic rings. The lowest BCUT2D eigenvalue weighted by molar-refractivity contribution is -0.252. The van der Waals surface area contributed by atoms with Crippen LogP contribution in [-0.4, -0.2) is 53.0 Å². The Morgan fingerprint density at radius 3 is 2.13 bits per heavy atom. The van der Waals surface area contributed by atoms with Crippen molar-refractivity contribution in [1.29, 1.82) is 0 Å². The molecule has 0 saturated carbocycles. The first-order valence-corrected chi connectivity index (χ1v) is 13.6. The van der Waals surface area contributed by atoms with Crippen LogP contribution in [0.4, 0.5) is 4.79 Å². The van der Waals surface area contributed by atoms with Gasteiger partial charge in [-0.3, -0.25) is 4.90 Å². The van der Waals surface area contributed by atoms with E-state index < -0.39 is 6.29 Å². The van der Waals surface area contributed by atoms with Crippen molar-refractivity contribution < 1.29 is 24.5 Å². The van der Waals surface area contributed by atoms with Crippen LogP contribution in [0.15, 0.2) is 78.9 Å². The quantitative estimate of drug-likeness (QED) is 0.335. The lowest BCUT2D eigenvalue weighted by Gasteiger charge is -2.37. The van der Waals surface area contributed by atoms with Gasteiger partial charge in [-0.2, -0.15) is 0 Å². The third-order valence-corrected chi connectivity index (χ3v) is 7.33. The summed E-state index contributed by atoms with van der Waals surface area (Å²) in [7, 11) is 0. The molecular weight excluding hydrogens is 494 g/mol. The third-order valence-electron chi connectivity index (χ3n) is 7.33. The Hall–Kier alpha value is -3.27. The summed E-state index contributed by atoms with van der Waals surface area (Å²) < 4.78 is 12.8. The van der Waals surface area contributed by atoms with Crippen molar-refractivity contribution >= 4 is 6.03 Å². The van der Waals surface area contributed by atoms with E-state index in [0.29, 0.717) is 26.1 Å². The first-order chi connectivity index (χ1) is 19.1. The summed E-state index contributed by atoms with van der Waals surface area (Å²) in [5.41, 5.74) is 4.85. The number of rotatable bonds is 9. The zero-order chi connectivity index (χ0) is 27.0. The minimum atomic E-state index is -0.532. The van der Waals surface area contributed by atoms with Gasteiger partial charge in [0.15, 0.2) is 6.29 Å². The molecule has 206 valence electrons. The predicted molar refractivity (Wildman–Crippen MR) is 147 cm³/mol. The molecule has 0 spiro atoms. The van der Waals surface area contributed by atoms with Crippen LogP contribution >= 0.6 is 0 Å². The number of hydrogen-bond donors (Lipinski definition) is 4. The van der Waals surface area contributed by atoms with Gasteiger partial charge in [0.1, 0.15) is 0 Å². The third kappa shape index (κ3) is 7.65. The number of amides is 2. The summed E-state index contributed by atoms with van der Waals surface area (Å²) >= 11 is 0. The van der Waals surface area contributed by atoms with Crippen molar-refractivity contribution in [1.82, 2.24) is 15.5 Å². The van der Waals surface area contributed by atoms with Gasteiger partial charge in [-0.15, -0.1) is 0 Å². The standard InChI is InChI=1S/C31H37N3O5/c35-21-24-8-10-25(11-9-24)29-16-28(20-34-15-14-27(36)19-34)38-30(39-29)26-12-6-23(7-13-26)18-33-31(37)32-17-22-4-2-1-3-5-22/h1-13,27-30,35-36H,14-21H2,(H2,32,33,37). The zero-order valence-corrected chi connectivity index (χ0v) is 22.0. The molecule has 3 aromatic carbocycles. The monoisotopic (exact) mass is 531 g/mol. The smallest absolute Gasteiger partial charge is 0.315 e. The molecule has 2 fully saturated rings. The molecule has 2 saturated heterocycles. The summed E-state index contributed by atoms with van der Waals surface area (Å²) in [5.74, 6) is 0. The lowest BCUT2D eigenvalue weighted by Crippen LogP contribution is -2.38. The van der Waals surface area contributed by atoms with Crippen molar-refractivity contribution in [2.24, 2.45) is 0 Å². The van der Waals surface area contributed by atoms with E-state index in [1.807, 2.05) is 78.9 Å². The summed E-state index contributed by atoms with van der Waals surface area (Å²) in [4.78, 5) is 14.5. The van der Waals surface area contributed by atoms with E-state index in [1.165, 1.54) is 0 Å². The Morgan fingerprint density at radius 1 is 0.846 bits per heavy atom. The fourth-order valence-electron chi connectivity index (χ4n) is 5.11. The SMILES string of the molecule is O=C(NCc1ccccc1)NCc1ccc(C2OC(CN3CCC(O)C3)CC(c3ccc(CO)cc3)O2)cc1. The Morgan fingerprint density at radius 2 is 1.49 bits per heavy atom. The van der Waals surface area contributed by atoms with E-state index in [2.05, 4.69) is 15.5 Å². The van der Waals surface area contributed by atoms with Crippen molar-refractivity contribution in [3.8, 4) is 0 Å². The van der Waals surface area contributed by atoms with Crippen LogP contribution in [0.25, 0.3) is 0 Å². The van der Waals surface area contributed by atoms with Gasteiger partial charge in [0.05, 0.1) is 24.9 Å². The topological polar surface area (TPSA) is 103 Å². The van der Waals surface area contributed by atoms with E-state index in [0.717, 1.165) is 47.3 Å². The summed E-state index contributed by atoms with van der Waals surface area (Å²) in [6, 6.07) is 25.4. The molecule has 2 heterocycles. The highest BCUT2D eigenvalue weighted by atomic mass is 16.7. The fourth-order valence-corrected chi connectivity index (χ4v) is 5.11. The van der Waals surface area contributed by atoms with Gasteiger partial charge in [-0.1, -0.05) is 78.9 Å². The van der Waals surface area contributed by atoms with Gasteiger partial charge < -0.3 is 30.3 Å². The normalized spacial score (nSPS) is 23.4. The molecule has 4 N–H and O–H groups in total. The Bertz CT molecular complexity index is 1190. The number of benzene rings is 3. The Balaban J connectivity index is 1.20. The molecule has 3 aromatic rings. The molecule has 2 aliphatic heterocycles. The number of nitrogens with one attached hydrogen (secondary N) is 2. The number of likely N-dealkylation sites (tertiary alicyclic amines) is 1. The van der Waals surface area contributed by atoms with Gasteiger partial charge in [0, 0.05) is 44.7 Å². The number of ether oxygens (including phenoxy) is 2. The highest BCUT2D eigenvalue weighted by Crippen LogP contribution is 2.38. The summed E-state index contributed by atoms with van der Waals surface area (Å²) in [6.07, 6.45) is 0.494. The van der Waals surface area contributed by atoms with Gasteiger partial charge in [-0.05, 0) is 28.7 Å². The molecule has 4 atom stereocenters. The van der Waals surface area contributed by atoms with Crippen molar-refractivity contribution in [2.75, 3.05) is 19.6 Å². The van der Waals surface area contributed by atoms with E-state index in [9.17, 15) is 15.0 Å². The van der Waals surface area contributed by atoms with Crippen molar-refractivity contribution in [3.63, 3.8) is 0 Å². The van der Waals surface area contributed by atoms with Crippen molar-refractivity contribution in [2.45, 2.75) is 57.1 Å². The second kappa shape index (κ2) is 13.2. The molecule has 0 aliphatic carbocycles. The average molecular weight is 532 g/mol. The van der Waals surface area contributed by atoms with E-state index in [4.69, 9.17) is 9.47 Å². The van der Waals surface area contributed by atoms with Crippen LogP contribution in [-0.2, 0) is 29.2 Å². The van der Waals surface area contributed by atoms with E-state index >= 15 is 0 Å². The van der Waals surface area contributed by atoms with Crippen LogP contribution in [0.3, 0.4) is 0 Å². The van der Waals surface area contributed by atoms with Gasteiger partial charge in [0.2, 0.25) is 0 Å². The number of carbonyl (C=O) groups excluding carboxylic acids is 1. The number of urea groups is 1. The highest BCUT2D eigenvalue weighted by molar-refractivity contribution is 5.73. The molecular formula is C31H37N3O5. The summed E-state index contributed by atoms with van der Waals surface area (Å²) in [6.45, 7) is 3.16. The van der Waals surface area contributed by atoms with Gasteiger partial charge in [-0.25, -0.2) is 4.79 Å². The lowest BCUT2D eigenvalue weighted by atomic mass is 9.99. The van der Waals surface area contributed by atoms with Gasteiger partial charge in [0.25, 0.3) is 0 Å². The zero-order valence-electron chi connectivity index (χ0n) is 22.0. The minimum absolute atomic E-state index is 0.00728. The molecule has 39 heavy (non-hydrogen) atoms. The average Bonchev–Trinajstić information content (AvgIpc) is 3.39. The molecule has 0 bridgehead atoms. The van der Waals surface area contributed by atoms with Gasteiger partial charge >= 0.3 is 6.03 Å². The maximum absolute atomic E-state index is 12.2. The van der Waals surface area contributed by atoms with Crippen molar-refractivity contribution in [3.05, 3.63) is 107 Å². The van der Waals surface area contributed by atoms with Crippen LogP contribution in [0.1, 0.15) is 53.1 Å². The van der Waals surface area contributed by atoms with Crippen LogP contribution in [0, 0.1) is 0 Å². The highest BCUT2D eigenvalue weighted by Gasteiger charge is 2.34. The van der Waals surface area contributed by atoms with E-state index in [-0.39, 0.29) is 30.9 Å². The molecule has 5 rings (SSSR count). The minimum Gasteiger partial charge on any atom is -0.392 e. The van der Waals surface area contributed by atoms with Crippen LogP contribution < -0.4 is 10.6 Å².